The van der Waals surface area contributed by atoms with Gasteiger partial charge in [0.1, 0.15) is 0 Å². The number of anilines is 2. The van der Waals surface area contributed by atoms with Crippen LogP contribution in [0.1, 0.15) is 11.3 Å². The summed E-state index contributed by atoms with van der Waals surface area (Å²) in [5.74, 6) is 0. The van der Waals surface area contributed by atoms with Crippen molar-refractivity contribution in [2.75, 3.05) is 10.5 Å². The molecule has 2 aromatic rings. The van der Waals surface area contributed by atoms with Crippen LogP contribution in [0.15, 0.2) is 41.4 Å². The van der Waals surface area contributed by atoms with E-state index in [-0.39, 0.29) is 4.90 Å². The Balaban J connectivity index is 2.38. The van der Waals surface area contributed by atoms with Gasteiger partial charge in [-0.25, -0.2) is 8.42 Å². The van der Waals surface area contributed by atoms with Crippen LogP contribution in [0.2, 0.25) is 0 Å². The molecular weight excluding hydrogens is 262 g/mol. The molecule has 0 atom stereocenters. The highest BCUT2D eigenvalue weighted by atomic mass is 32.2. The Kier molecular flexibility index (Phi) is 3.44. The minimum Gasteiger partial charge on any atom is -0.398 e. The zero-order valence-corrected chi connectivity index (χ0v) is 11.5. The van der Waals surface area contributed by atoms with Crippen LogP contribution in [0.25, 0.3) is 0 Å². The number of hydrogen-bond acceptors (Lipinski definition) is 4. The summed E-state index contributed by atoms with van der Waals surface area (Å²) in [5, 5.41) is 0. The van der Waals surface area contributed by atoms with Crippen molar-refractivity contribution in [2.45, 2.75) is 18.7 Å². The number of benzene rings is 1. The summed E-state index contributed by atoms with van der Waals surface area (Å²) in [6.45, 7) is 3.51. The Morgan fingerprint density at radius 3 is 2.53 bits per heavy atom. The fourth-order valence-electron chi connectivity index (χ4n) is 1.66. The van der Waals surface area contributed by atoms with Gasteiger partial charge in [-0.1, -0.05) is 6.07 Å². The van der Waals surface area contributed by atoms with Gasteiger partial charge in [0.25, 0.3) is 10.0 Å². The van der Waals surface area contributed by atoms with Crippen LogP contribution in [0.4, 0.5) is 11.4 Å². The molecule has 100 valence electrons. The summed E-state index contributed by atoms with van der Waals surface area (Å²) in [6.07, 6.45) is 1.48. The van der Waals surface area contributed by atoms with Crippen molar-refractivity contribution in [1.29, 1.82) is 0 Å². The van der Waals surface area contributed by atoms with Gasteiger partial charge in [-0.2, -0.15) is 0 Å². The van der Waals surface area contributed by atoms with Gasteiger partial charge in [0.2, 0.25) is 0 Å². The average Bonchev–Trinajstić information content (AvgIpc) is 2.35. The largest absolute Gasteiger partial charge is 0.398 e. The molecule has 0 aliphatic rings. The molecule has 0 aliphatic heterocycles. The van der Waals surface area contributed by atoms with Gasteiger partial charge >= 0.3 is 0 Å². The van der Waals surface area contributed by atoms with Gasteiger partial charge in [0, 0.05) is 11.4 Å². The van der Waals surface area contributed by atoms with E-state index in [1.165, 1.54) is 12.3 Å². The molecule has 0 saturated carbocycles. The van der Waals surface area contributed by atoms with E-state index in [1.807, 2.05) is 6.92 Å². The van der Waals surface area contributed by atoms with E-state index < -0.39 is 10.0 Å². The molecule has 0 unspecified atom stereocenters. The third kappa shape index (κ3) is 2.85. The first kappa shape index (κ1) is 13.4. The molecule has 5 nitrogen and oxygen atoms in total. The molecule has 0 radical (unpaired) electrons. The molecule has 0 saturated heterocycles. The summed E-state index contributed by atoms with van der Waals surface area (Å²) >= 11 is 0. The van der Waals surface area contributed by atoms with Crippen molar-refractivity contribution in [1.82, 2.24) is 4.98 Å². The number of nitrogen functional groups attached to an aromatic ring is 1. The lowest BCUT2D eigenvalue weighted by atomic mass is 10.2. The minimum absolute atomic E-state index is 0.174. The Labute approximate surface area is 112 Å². The second-order valence-corrected chi connectivity index (χ2v) is 5.91. The fraction of sp³-hybridized carbons (Fsp3) is 0.154. The predicted molar refractivity (Wildman–Crippen MR) is 75.4 cm³/mol. The highest BCUT2D eigenvalue weighted by Gasteiger charge is 2.17. The standard InChI is InChI=1S/C13H15N3O2S/c1-9-6-7-11(8-15-9)16-19(17,18)13-5-3-4-12(14)10(13)2/h3-8,16H,14H2,1-2H3. The molecule has 0 fully saturated rings. The average molecular weight is 277 g/mol. The lowest BCUT2D eigenvalue weighted by Crippen LogP contribution is -2.15. The van der Waals surface area contributed by atoms with Crippen LogP contribution < -0.4 is 10.5 Å². The Hall–Kier alpha value is -2.08. The minimum atomic E-state index is -3.65. The first-order chi connectivity index (χ1) is 8.90. The number of aromatic nitrogens is 1. The van der Waals surface area contributed by atoms with Crippen molar-refractivity contribution in [2.24, 2.45) is 0 Å². The molecule has 1 aromatic heterocycles. The van der Waals surface area contributed by atoms with Gasteiger partial charge in [-0.3, -0.25) is 9.71 Å². The van der Waals surface area contributed by atoms with E-state index in [1.54, 1.807) is 31.2 Å². The lowest BCUT2D eigenvalue weighted by molar-refractivity contribution is 0.600. The first-order valence-corrected chi connectivity index (χ1v) is 7.19. The third-order valence-corrected chi connectivity index (χ3v) is 4.30. The summed E-state index contributed by atoms with van der Waals surface area (Å²) in [5.41, 5.74) is 7.96. The molecule has 2 rings (SSSR count). The Morgan fingerprint density at radius 2 is 1.89 bits per heavy atom. The van der Waals surface area contributed by atoms with Crippen molar-refractivity contribution < 1.29 is 8.42 Å². The maximum Gasteiger partial charge on any atom is 0.262 e. The first-order valence-electron chi connectivity index (χ1n) is 5.71. The summed E-state index contributed by atoms with van der Waals surface area (Å²) in [4.78, 5) is 4.22. The number of nitrogens with two attached hydrogens (primary N) is 1. The van der Waals surface area contributed by atoms with E-state index in [0.29, 0.717) is 16.9 Å². The lowest BCUT2D eigenvalue weighted by Gasteiger charge is -2.11. The number of aryl methyl sites for hydroxylation is 1. The number of nitrogens with zero attached hydrogens (tertiary/aromatic N) is 1. The van der Waals surface area contributed by atoms with Crippen molar-refractivity contribution in [3.05, 3.63) is 47.8 Å². The molecule has 19 heavy (non-hydrogen) atoms. The van der Waals surface area contributed by atoms with E-state index in [0.717, 1.165) is 5.69 Å². The zero-order valence-electron chi connectivity index (χ0n) is 10.7. The molecular formula is C13H15N3O2S. The Morgan fingerprint density at radius 1 is 1.16 bits per heavy atom. The molecule has 0 amide bonds. The summed E-state index contributed by atoms with van der Waals surface area (Å²) < 4.78 is 27.0. The maximum atomic E-state index is 12.3. The predicted octanol–water partition coefficient (Wildman–Crippen LogP) is 2.08. The number of hydrogen-bond donors (Lipinski definition) is 2. The molecule has 0 aliphatic carbocycles. The molecule has 1 aromatic carbocycles. The van der Waals surface area contributed by atoms with E-state index in [4.69, 9.17) is 5.73 Å². The number of rotatable bonds is 3. The quantitative estimate of drug-likeness (QED) is 0.841. The van der Waals surface area contributed by atoms with Gasteiger partial charge in [0.05, 0.1) is 16.8 Å². The van der Waals surface area contributed by atoms with Gasteiger partial charge < -0.3 is 5.73 Å². The highest BCUT2D eigenvalue weighted by molar-refractivity contribution is 7.92. The number of sulfonamides is 1. The SMILES string of the molecule is Cc1ccc(NS(=O)(=O)c2cccc(N)c2C)cn1. The summed E-state index contributed by atoms with van der Waals surface area (Å²) in [7, 11) is -3.65. The molecule has 6 heteroatoms. The van der Waals surface area contributed by atoms with Crippen LogP contribution in [0, 0.1) is 13.8 Å². The maximum absolute atomic E-state index is 12.3. The molecule has 0 spiro atoms. The molecule has 3 N–H and O–H groups in total. The second kappa shape index (κ2) is 4.89. The summed E-state index contributed by atoms with van der Waals surface area (Å²) in [6, 6.07) is 8.22. The zero-order chi connectivity index (χ0) is 14.0. The number of nitrogens with one attached hydrogen (secondary N) is 1. The van der Waals surface area contributed by atoms with Crippen molar-refractivity contribution in [3.63, 3.8) is 0 Å². The van der Waals surface area contributed by atoms with E-state index in [2.05, 4.69) is 9.71 Å². The second-order valence-electron chi connectivity index (χ2n) is 4.26. The van der Waals surface area contributed by atoms with Gasteiger partial charge in [0.15, 0.2) is 0 Å². The number of pyridine rings is 1. The van der Waals surface area contributed by atoms with Crippen LogP contribution >= 0.6 is 0 Å². The van der Waals surface area contributed by atoms with E-state index >= 15 is 0 Å². The van der Waals surface area contributed by atoms with Crippen LogP contribution in [-0.4, -0.2) is 13.4 Å². The van der Waals surface area contributed by atoms with Crippen LogP contribution in [-0.2, 0) is 10.0 Å². The normalized spacial score (nSPS) is 11.3. The highest BCUT2D eigenvalue weighted by Crippen LogP contribution is 2.22. The topological polar surface area (TPSA) is 85.1 Å². The molecule has 0 bridgehead atoms. The van der Waals surface area contributed by atoms with Crippen molar-refractivity contribution in [3.8, 4) is 0 Å². The fourth-order valence-corrected chi connectivity index (χ4v) is 2.98. The third-order valence-electron chi connectivity index (χ3n) is 2.78. The molecule has 1 heterocycles. The monoisotopic (exact) mass is 277 g/mol. The van der Waals surface area contributed by atoms with Crippen LogP contribution in [0.5, 0.6) is 0 Å². The van der Waals surface area contributed by atoms with Crippen molar-refractivity contribution >= 4 is 21.4 Å². The Bertz CT molecular complexity index is 694. The van der Waals surface area contributed by atoms with E-state index in [9.17, 15) is 8.42 Å². The van der Waals surface area contributed by atoms with Crippen LogP contribution in [0.3, 0.4) is 0 Å². The smallest absolute Gasteiger partial charge is 0.262 e. The van der Waals surface area contributed by atoms with Gasteiger partial charge in [-0.05, 0) is 43.7 Å². The van der Waals surface area contributed by atoms with Gasteiger partial charge in [-0.15, -0.1) is 0 Å².